The Morgan fingerprint density at radius 2 is 2.00 bits per heavy atom. The molecule has 1 aliphatic heterocycles. The van der Waals surface area contributed by atoms with Gasteiger partial charge < -0.3 is 9.84 Å². The maximum atomic E-state index is 12.1. The Kier molecular flexibility index (Phi) is 3.53. The van der Waals surface area contributed by atoms with Gasteiger partial charge >= 0.3 is 0 Å². The number of carbonyl (C=O) groups is 1. The normalized spacial score (nSPS) is 24.6. The van der Waals surface area contributed by atoms with Gasteiger partial charge in [-0.05, 0) is 25.8 Å². The maximum absolute atomic E-state index is 12.1. The number of aliphatic hydroxyl groups excluding tert-OH is 1. The zero-order chi connectivity index (χ0) is 13.2. The Morgan fingerprint density at radius 1 is 1.33 bits per heavy atom. The summed E-state index contributed by atoms with van der Waals surface area (Å²) in [7, 11) is 0. The first-order valence-corrected chi connectivity index (χ1v) is 6.15. The van der Waals surface area contributed by atoms with Crippen LogP contribution in [-0.2, 0) is 9.53 Å². The molecule has 2 rings (SSSR count). The van der Waals surface area contributed by atoms with Gasteiger partial charge in [0, 0.05) is 18.6 Å². The van der Waals surface area contributed by atoms with Crippen LogP contribution < -0.4 is 0 Å². The average Bonchev–Trinajstić information content (AvgIpc) is 2.61. The molecule has 2 atom stereocenters. The highest BCUT2D eigenvalue weighted by Gasteiger charge is 2.46. The molecule has 0 unspecified atom stereocenters. The van der Waals surface area contributed by atoms with Gasteiger partial charge in [-0.3, -0.25) is 4.79 Å². The summed E-state index contributed by atoms with van der Waals surface area (Å²) in [5.41, 5.74) is 0.124. The molecule has 3 heteroatoms. The summed E-state index contributed by atoms with van der Waals surface area (Å²) in [5, 5.41) is 9.24. The van der Waals surface area contributed by atoms with Crippen LogP contribution in [0.5, 0.6) is 0 Å². The molecule has 3 nitrogen and oxygen atoms in total. The SMILES string of the molecule is CC1=CC(=O)[C@@](C)([C@@H](CCO)c2ccccc2)O1. The molecule has 0 fully saturated rings. The second kappa shape index (κ2) is 4.94. The van der Waals surface area contributed by atoms with E-state index in [4.69, 9.17) is 4.74 Å². The molecular weight excluding hydrogens is 228 g/mol. The Morgan fingerprint density at radius 3 is 2.50 bits per heavy atom. The zero-order valence-corrected chi connectivity index (χ0v) is 10.7. The number of benzene rings is 1. The average molecular weight is 246 g/mol. The lowest BCUT2D eigenvalue weighted by Crippen LogP contribution is -2.40. The van der Waals surface area contributed by atoms with Crippen LogP contribution in [0.4, 0.5) is 0 Å². The van der Waals surface area contributed by atoms with Crippen LogP contribution in [0.25, 0.3) is 0 Å². The van der Waals surface area contributed by atoms with Crippen molar-refractivity contribution in [2.75, 3.05) is 6.61 Å². The minimum absolute atomic E-state index is 0.0256. The highest BCUT2D eigenvalue weighted by atomic mass is 16.5. The van der Waals surface area contributed by atoms with E-state index in [0.29, 0.717) is 12.2 Å². The lowest BCUT2D eigenvalue weighted by Gasteiger charge is -2.32. The first kappa shape index (κ1) is 12.8. The molecule has 0 saturated heterocycles. The van der Waals surface area contributed by atoms with Crippen LogP contribution in [-0.4, -0.2) is 23.1 Å². The molecule has 0 aliphatic carbocycles. The summed E-state index contributed by atoms with van der Waals surface area (Å²) in [6.07, 6.45) is 2.04. The number of ketones is 1. The molecule has 0 spiro atoms. The van der Waals surface area contributed by atoms with Gasteiger partial charge in [0.2, 0.25) is 5.78 Å². The molecule has 1 aromatic rings. The minimum Gasteiger partial charge on any atom is -0.483 e. The summed E-state index contributed by atoms with van der Waals surface area (Å²) < 4.78 is 5.73. The van der Waals surface area contributed by atoms with Crippen LogP contribution >= 0.6 is 0 Å². The number of carbonyl (C=O) groups excluding carboxylic acids is 1. The highest BCUT2D eigenvalue weighted by Crippen LogP contribution is 2.40. The standard InChI is InChI=1S/C15H18O3/c1-11-10-14(17)15(2,18-11)13(8-9-16)12-6-4-3-5-7-12/h3-7,10,13,16H,8-9H2,1-2H3/t13-,15+/m0/s1. The molecule has 1 N–H and O–H groups in total. The number of rotatable bonds is 4. The second-order valence-electron chi connectivity index (χ2n) is 4.80. The molecule has 1 heterocycles. The largest absolute Gasteiger partial charge is 0.483 e. The van der Waals surface area contributed by atoms with Crippen molar-refractivity contribution >= 4 is 5.78 Å². The van der Waals surface area contributed by atoms with Crippen molar-refractivity contribution in [3.63, 3.8) is 0 Å². The van der Waals surface area contributed by atoms with E-state index in [1.165, 1.54) is 6.08 Å². The summed E-state index contributed by atoms with van der Waals surface area (Å²) in [6.45, 7) is 3.62. The molecule has 0 bridgehead atoms. The highest BCUT2D eigenvalue weighted by molar-refractivity contribution is 5.99. The van der Waals surface area contributed by atoms with Crippen molar-refractivity contribution in [3.05, 3.63) is 47.7 Å². The predicted molar refractivity (Wildman–Crippen MR) is 69.1 cm³/mol. The van der Waals surface area contributed by atoms with Gasteiger partial charge in [-0.2, -0.15) is 0 Å². The molecule has 0 saturated carbocycles. The number of ether oxygens (including phenoxy) is 1. The van der Waals surface area contributed by atoms with E-state index in [2.05, 4.69) is 0 Å². The quantitative estimate of drug-likeness (QED) is 0.887. The van der Waals surface area contributed by atoms with E-state index in [0.717, 1.165) is 5.56 Å². The lowest BCUT2D eigenvalue weighted by atomic mass is 9.79. The maximum Gasteiger partial charge on any atom is 0.202 e. The summed E-state index contributed by atoms with van der Waals surface area (Å²) >= 11 is 0. The van der Waals surface area contributed by atoms with Gasteiger partial charge in [-0.15, -0.1) is 0 Å². The monoisotopic (exact) mass is 246 g/mol. The van der Waals surface area contributed by atoms with Crippen LogP contribution in [0.1, 0.15) is 31.7 Å². The van der Waals surface area contributed by atoms with Gasteiger partial charge in [0.1, 0.15) is 0 Å². The third-order valence-corrected chi connectivity index (χ3v) is 3.48. The van der Waals surface area contributed by atoms with Crippen LogP contribution in [0.3, 0.4) is 0 Å². The van der Waals surface area contributed by atoms with Gasteiger partial charge in [0.25, 0.3) is 0 Å². The fourth-order valence-corrected chi connectivity index (χ4v) is 2.56. The Hall–Kier alpha value is -1.61. The first-order valence-electron chi connectivity index (χ1n) is 6.15. The van der Waals surface area contributed by atoms with Gasteiger partial charge in [0.15, 0.2) is 5.60 Å². The van der Waals surface area contributed by atoms with Gasteiger partial charge in [-0.25, -0.2) is 0 Å². The predicted octanol–water partition coefficient (Wildman–Crippen LogP) is 2.41. The van der Waals surface area contributed by atoms with E-state index in [1.54, 1.807) is 13.8 Å². The molecule has 0 radical (unpaired) electrons. The van der Waals surface area contributed by atoms with E-state index in [9.17, 15) is 9.90 Å². The molecular formula is C15H18O3. The first-order chi connectivity index (χ1) is 8.58. The number of hydrogen-bond acceptors (Lipinski definition) is 3. The van der Waals surface area contributed by atoms with Crippen LogP contribution in [0, 0.1) is 0 Å². The number of allylic oxidation sites excluding steroid dienone is 1. The zero-order valence-electron chi connectivity index (χ0n) is 10.7. The fraction of sp³-hybridized carbons (Fsp3) is 0.400. The molecule has 18 heavy (non-hydrogen) atoms. The summed E-state index contributed by atoms with van der Waals surface area (Å²) in [4.78, 5) is 12.1. The second-order valence-corrected chi connectivity index (χ2v) is 4.80. The Labute approximate surface area is 107 Å². The van der Waals surface area contributed by atoms with Crippen molar-refractivity contribution in [2.24, 2.45) is 0 Å². The smallest absolute Gasteiger partial charge is 0.202 e. The molecule has 0 amide bonds. The molecule has 96 valence electrons. The van der Waals surface area contributed by atoms with Crippen LogP contribution in [0.15, 0.2) is 42.2 Å². The topological polar surface area (TPSA) is 46.5 Å². The van der Waals surface area contributed by atoms with Crippen molar-refractivity contribution in [1.82, 2.24) is 0 Å². The summed E-state index contributed by atoms with van der Waals surface area (Å²) in [6, 6.07) is 9.74. The van der Waals surface area contributed by atoms with E-state index < -0.39 is 5.60 Å². The van der Waals surface area contributed by atoms with Crippen molar-refractivity contribution in [1.29, 1.82) is 0 Å². The fourth-order valence-electron chi connectivity index (χ4n) is 2.56. The van der Waals surface area contributed by atoms with Crippen molar-refractivity contribution in [3.8, 4) is 0 Å². The number of hydrogen-bond donors (Lipinski definition) is 1. The molecule has 1 aliphatic rings. The lowest BCUT2D eigenvalue weighted by molar-refractivity contribution is -0.131. The summed E-state index contributed by atoms with van der Waals surface area (Å²) in [5.74, 6) is 0.480. The van der Waals surface area contributed by atoms with E-state index >= 15 is 0 Å². The Balaban J connectivity index is 2.35. The third-order valence-electron chi connectivity index (χ3n) is 3.48. The van der Waals surface area contributed by atoms with E-state index in [-0.39, 0.29) is 18.3 Å². The van der Waals surface area contributed by atoms with E-state index in [1.807, 2.05) is 30.3 Å². The van der Waals surface area contributed by atoms with Gasteiger partial charge in [0.05, 0.1) is 5.76 Å². The third kappa shape index (κ3) is 2.18. The van der Waals surface area contributed by atoms with Crippen molar-refractivity contribution in [2.45, 2.75) is 31.8 Å². The minimum atomic E-state index is -0.895. The Bertz CT molecular complexity index is 464. The van der Waals surface area contributed by atoms with Crippen molar-refractivity contribution < 1.29 is 14.6 Å². The molecule has 0 aromatic heterocycles. The van der Waals surface area contributed by atoms with Crippen LogP contribution in [0.2, 0.25) is 0 Å². The molecule has 1 aromatic carbocycles. The van der Waals surface area contributed by atoms with Gasteiger partial charge in [-0.1, -0.05) is 30.3 Å². The number of aliphatic hydroxyl groups is 1.